The lowest BCUT2D eigenvalue weighted by atomic mass is 9.97. The van der Waals surface area contributed by atoms with Crippen LogP contribution in [-0.2, 0) is 18.9 Å². The van der Waals surface area contributed by atoms with Crippen LogP contribution in [-0.4, -0.2) is 32.3 Å². The number of hydrogen-bond donors (Lipinski definition) is 0. The molecule has 2 aromatic carbocycles. The molecule has 7 heteroatoms. The Bertz CT molecular complexity index is 1580. The summed E-state index contributed by atoms with van der Waals surface area (Å²) in [6.07, 6.45) is 66.0. The highest BCUT2D eigenvalue weighted by Crippen LogP contribution is 2.33. The average Bonchev–Trinajstić information content (AvgIpc) is 3.48. The van der Waals surface area contributed by atoms with Crippen molar-refractivity contribution in [3.05, 3.63) is 70.8 Å². The van der Waals surface area contributed by atoms with Crippen molar-refractivity contribution in [2.24, 2.45) is 0 Å². The van der Waals surface area contributed by atoms with Crippen molar-refractivity contribution in [3.63, 3.8) is 0 Å². The molecule has 0 amide bonds. The summed E-state index contributed by atoms with van der Waals surface area (Å²) in [4.78, 5) is 39.8. The van der Waals surface area contributed by atoms with Crippen LogP contribution in [0.15, 0.2) is 48.5 Å². The molecule has 2 unspecified atom stereocenters. The Labute approximate surface area is 494 Å². The van der Waals surface area contributed by atoms with Crippen LogP contribution in [0.25, 0.3) is 0 Å². The fourth-order valence-corrected chi connectivity index (χ4v) is 11.9. The van der Waals surface area contributed by atoms with Crippen molar-refractivity contribution in [2.45, 2.75) is 360 Å². The van der Waals surface area contributed by atoms with Crippen molar-refractivity contribution in [2.75, 3.05) is 14.2 Å². The highest BCUT2D eigenvalue weighted by atomic mass is 16.7. The number of benzene rings is 2. The predicted molar refractivity (Wildman–Crippen MR) is 340 cm³/mol. The minimum atomic E-state index is -0.807. The van der Waals surface area contributed by atoms with Gasteiger partial charge in [0.2, 0.25) is 0 Å². The molecule has 0 saturated carbocycles. The standard InChI is InChI=1S/C73H126O7/c1-5-7-9-11-13-15-17-19-21-23-25-27-29-31-33-35-37-39-41-43-45-47-49-51-53-63-69(65-59-55-57-61-67(65)71(74)77-3)79-73(76)80-70(66-60-56-58-62-68(66)72(75)78-4)64-54-52-50-48-46-44-42-40-38-36-34-32-30-28-26-24-22-20-18-16-14-12-10-8-6-2/h55-62,69-70H,5-54,63-64H2,1-4H3. The second-order valence-corrected chi connectivity index (χ2v) is 24.2. The minimum Gasteiger partial charge on any atom is -0.465 e. The highest BCUT2D eigenvalue weighted by molar-refractivity contribution is 5.91. The molecule has 0 spiro atoms. The lowest BCUT2D eigenvalue weighted by molar-refractivity contribution is -0.00960. The van der Waals surface area contributed by atoms with Crippen LogP contribution in [0.5, 0.6) is 0 Å². The number of ether oxygens (including phenoxy) is 4. The fraction of sp³-hybridized carbons (Fsp3) is 0.795. The molecule has 80 heavy (non-hydrogen) atoms. The van der Waals surface area contributed by atoms with Gasteiger partial charge in [0.05, 0.1) is 25.3 Å². The zero-order chi connectivity index (χ0) is 57.5. The van der Waals surface area contributed by atoms with E-state index >= 15 is 0 Å². The summed E-state index contributed by atoms with van der Waals surface area (Å²) in [5.74, 6) is -0.930. The number of unbranched alkanes of at least 4 members (excludes halogenated alkanes) is 48. The van der Waals surface area contributed by atoms with E-state index in [1.807, 2.05) is 24.3 Å². The molecular weight excluding hydrogens is 989 g/mol. The lowest BCUT2D eigenvalue weighted by Gasteiger charge is -2.24. The van der Waals surface area contributed by atoms with Gasteiger partial charge in [-0.1, -0.05) is 358 Å². The second kappa shape index (κ2) is 54.9. The van der Waals surface area contributed by atoms with Crippen molar-refractivity contribution >= 4 is 18.1 Å². The Morgan fingerprint density at radius 2 is 0.475 bits per heavy atom. The topological polar surface area (TPSA) is 88.1 Å². The molecule has 2 aromatic rings. The number of methoxy groups -OCH3 is 2. The first-order valence-corrected chi connectivity index (χ1v) is 34.7. The van der Waals surface area contributed by atoms with Gasteiger partial charge < -0.3 is 18.9 Å². The van der Waals surface area contributed by atoms with E-state index in [2.05, 4.69) is 13.8 Å². The fourth-order valence-electron chi connectivity index (χ4n) is 11.9. The number of esters is 2. The molecule has 0 heterocycles. The Kier molecular flexibility index (Phi) is 49.9. The molecule has 2 rings (SSSR count). The number of rotatable bonds is 58. The second-order valence-electron chi connectivity index (χ2n) is 24.2. The maximum absolute atomic E-state index is 13.9. The maximum atomic E-state index is 13.9. The summed E-state index contributed by atoms with van der Waals surface area (Å²) in [5, 5.41) is 0. The summed E-state index contributed by atoms with van der Waals surface area (Å²) in [6, 6.07) is 14.5. The van der Waals surface area contributed by atoms with Crippen molar-refractivity contribution in [1.82, 2.24) is 0 Å². The normalized spacial score (nSPS) is 12.2. The quantitative estimate of drug-likeness (QED) is 0.0370. The van der Waals surface area contributed by atoms with E-state index in [4.69, 9.17) is 18.9 Å². The van der Waals surface area contributed by atoms with E-state index in [1.54, 1.807) is 24.3 Å². The number of carbonyl (C=O) groups is 3. The summed E-state index contributed by atoms with van der Waals surface area (Å²) in [7, 11) is 2.74. The Hall–Kier alpha value is -3.35. The van der Waals surface area contributed by atoms with E-state index in [1.165, 1.54) is 297 Å². The molecular formula is C73H126O7. The van der Waals surface area contributed by atoms with Gasteiger partial charge in [0.25, 0.3) is 0 Å². The molecule has 0 aliphatic heterocycles. The molecule has 0 bridgehead atoms. The third-order valence-electron chi connectivity index (χ3n) is 17.0. The molecule has 0 aromatic heterocycles. The molecule has 7 nitrogen and oxygen atoms in total. The van der Waals surface area contributed by atoms with Gasteiger partial charge in [-0.25, -0.2) is 14.4 Å². The Balaban J connectivity index is 1.68. The van der Waals surface area contributed by atoms with E-state index in [-0.39, 0.29) is 0 Å². The number of carbonyl (C=O) groups excluding carboxylic acids is 3. The van der Waals surface area contributed by atoms with Crippen molar-refractivity contribution < 1.29 is 33.3 Å². The van der Waals surface area contributed by atoms with E-state index in [9.17, 15) is 14.4 Å². The van der Waals surface area contributed by atoms with Crippen LogP contribution in [0.1, 0.15) is 392 Å². The Morgan fingerprint density at radius 3 is 0.675 bits per heavy atom. The largest absolute Gasteiger partial charge is 0.509 e. The van der Waals surface area contributed by atoms with Gasteiger partial charge in [-0.05, 0) is 37.8 Å². The Morgan fingerprint density at radius 1 is 0.287 bits per heavy atom. The zero-order valence-corrected chi connectivity index (χ0v) is 52.9. The summed E-state index contributed by atoms with van der Waals surface area (Å²) >= 11 is 0. The van der Waals surface area contributed by atoms with Crippen LogP contribution < -0.4 is 0 Å². The molecule has 2 atom stereocenters. The van der Waals surface area contributed by atoms with Crippen LogP contribution >= 0.6 is 0 Å². The lowest BCUT2D eigenvalue weighted by Crippen LogP contribution is -2.20. The smallest absolute Gasteiger partial charge is 0.465 e. The average molecular weight is 1120 g/mol. The van der Waals surface area contributed by atoms with Gasteiger partial charge in [0, 0.05) is 11.1 Å². The summed E-state index contributed by atoms with van der Waals surface area (Å²) in [5.41, 5.74) is 2.01. The molecule has 0 aliphatic carbocycles. The SMILES string of the molecule is CCCCCCCCCCCCCCCCCCCCCCCCCCCC(OC(=O)OC(CCCCCCCCCCCCCCCCCCCCCCCCCCC)c1ccccc1C(=O)OC)c1ccccc1C(=O)OC. The first kappa shape index (κ1) is 72.8. The first-order valence-electron chi connectivity index (χ1n) is 34.7. The highest BCUT2D eigenvalue weighted by Gasteiger charge is 2.28. The first-order chi connectivity index (χ1) is 39.5. The molecule has 0 fully saturated rings. The zero-order valence-electron chi connectivity index (χ0n) is 52.9. The molecule has 460 valence electrons. The van der Waals surface area contributed by atoms with E-state index in [0.29, 0.717) is 35.1 Å². The van der Waals surface area contributed by atoms with Crippen molar-refractivity contribution in [3.8, 4) is 0 Å². The number of hydrogen-bond acceptors (Lipinski definition) is 7. The van der Waals surface area contributed by atoms with Crippen LogP contribution in [0.3, 0.4) is 0 Å². The van der Waals surface area contributed by atoms with Crippen LogP contribution in [0, 0.1) is 0 Å². The van der Waals surface area contributed by atoms with E-state index in [0.717, 1.165) is 38.5 Å². The van der Waals surface area contributed by atoms with Gasteiger partial charge >= 0.3 is 18.1 Å². The van der Waals surface area contributed by atoms with Gasteiger partial charge in [-0.15, -0.1) is 0 Å². The third kappa shape index (κ3) is 40.0. The molecule has 0 saturated heterocycles. The predicted octanol–water partition coefficient (Wildman–Crippen LogP) is 24.5. The van der Waals surface area contributed by atoms with E-state index < -0.39 is 30.3 Å². The maximum Gasteiger partial charge on any atom is 0.509 e. The minimum absolute atomic E-state index is 0.385. The molecule has 0 radical (unpaired) electrons. The van der Waals surface area contributed by atoms with Crippen molar-refractivity contribution in [1.29, 1.82) is 0 Å². The summed E-state index contributed by atoms with van der Waals surface area (Å²) < 4.78 is 22.6. The van der Waals surface area contributed by atoms with Crippen LogP contribution in [0.2, 0.25) is 0 Å². The molecule has 0 aliphatic rings. The van der Waals surface area contributed by atoms with Gasteiger partial charge in [0.1, 0.15) is 12.2 Å². The third-order valence-corrected chi connectivity index (χ3v) is 17.0. The van der Waals surface area contributed by atoms with Gasteiger partial charge in [0.15, 0.2) is 0 Å². The van der Waals surface area contributed by atoms with Gasteiger partial charge in [-0.3, -0.25) is 0 Å². The van der Waals surface area contributed by atoms with Gasteiger partial charge in [-0.2, -0.15) is 0 Å². The van der Waals surface area contributed by atoms with Crippen LogP contribution in [0.4, 0.5) is 4.79 Å². The summed E-state index contributed by atoms with van der Waals surface area (Å²) in [6.45, 7) is 4.59. The molecule has 0 N–H and O–H groups in total. The monoisotopic (exact) mass is 1110 g/mol.